The molecule has 2 aliphatic rings. The summed E-state index contributed by atoms with van der Waals surface area (Å²) in [7, 11) is 0. The summed E-state index contributed by atoms with van der Waals surface area (Å²) in [6.45, 7) is 11.3. The maximum absolute atomic E-state index is 12.8. The predicted octanol–water partition coefficient (Wildman–Crippen LogP) is 3.47. The molecule has 3 heteroatoms. The first-order valence-electron chi connectivity index (χ1n) is 8.69. The largest absolute Gasteiger partial charge is 0.353 e. The minimum absolute atomic E-state index is 0.00800. The minimum atomic E-state index is -0.00800. The van der Waals surface area contributed by atoms with Crippen molar-refractivity contribution in [3.63, 3.8) is 0 Å². The molecule has 2 saturated carbocycles. The van der Waals surface area contributed by atoms with Crippen molar-refractivity contribution in [2.24, 2.45) is 28.4 Å². The molecule has 2 aliphatic carbocycles. The summed E-state index contributed by atoms with van der Waals surface area (Å²) in [6.07, 6.45) is 6.66. The smallest absolute Gasteiger partial charge is 0.223 e. The first-order valence-corrected chi connectivity index (χ1v) is 8.69. The highest BCUT2D eigenvalue weighted by molar-refractivity contribution is 5.80. The number of amides is 1. The average Bonchev–Trinajstić information content (AvgIpc) is 2.34. The molecule has 4 unspecified atom stereocenters. The molecule has 0 aromatic heterocycles. The molecule has 3 N–H and O–H groups in total. The molecule has 0 spiro atoms. The Morgan fingerprint density at radius 2 is 1.81 bits per heavy atom. The van der Waals surface area contributed by atoms with Gasteiger partial charge in [0.25, 0.3) is 0 Å². The maximum atomic E-state index is 12.8. The highest BCUT2D eigenvalue weighted by Crippen LogP contribution is 2.44. The molecule has 1 amide bonds. The zero-order chi connectivity index (χ0) is 15.8. The second-order valence-corrected chi connectivity index (χ2v) is 8.87. The maximum Gasteiger partial charge on any atom is 0.223 e. The zero-order valence-corrected chi connectivity index (χ0v) is 14.5. The van der Waals surface area contributed by atoms with Gasteiger partial charge in [0.15, 0.2) is 0 Å². The number of rotatable bonds is 2. The van der Waals surface area contributed by atoms with Crippen LogP contribution in [0.1, 0.15) is 73.1 Å². The Bertz CT molecular complexity index is 389. The average molecular weight is 294 g/mol. The van der Waals surface area contributed by atoms with Crippen LogP contribution in [0.25, 0.3) is 0 Å². The van der Waals surface area contributed by atoms with E-state index in [2.05, 4.69) is 39.9 Å². The van der Waals surface area contributed by atoms with Crippen molar-refractivity contribution in [3.8, 4) is 0 Å². The van der Waals surface area contributed by atoms with Crippen LogP contribution < -0.4 is 11.1 Å². The van der Waals surface area contributed by atoms with Gasteiger partial charge in [0.2, 0.25) is 5.91 Å². The van der Waals surface area contributed by atoms with Crippen LogP contribution in [0.4, 0.5) is 0 Å². The van der Waals surface area contributed by atoms with Gasteiger partial charge in [-0.2, -0.15) is 0 Å². The lowest BCUT2D eigenvalue weighted by Gasteiger charge is -2.46. The van der Waals surface area contributed by atoms with Crippen LogP contribution in [0.5, 0.6) is 0 Å². The van der Waals surface area contributed by atoms with E-state index in [0.717, 1.165) is 25.7 Å². The fourth-order valence-corrected chi connectivity index (χ4v) is 4.44. The second kappa shape index (κ2) is 5.91. The third kappa shape index (κ3) is 3.61. The van der Waals surface area contributed by atoms with Crippen molar-refractivity contribution in [1.82, 2.24) is 5.32 Å². The van der Waals surface area contributed by atoms with Gasteiger partial charge in [0.05, 0.1) is 0 Å². The summed E-state index contributed by atoms with van der Waals surface area (Å²) in [4.78, 5) is 12.8. The molecule has 0 saturated heterocycles. The van der Waals surface area contributed by atoms with Crippen molar-refractivity contribution in [1.29, 1.82) is 0 Å². The summed E-state index contributed by atoms with van der Waals surface area (Å²) >= 11 is 0. The second-order valence-electron chi connectivity index (χ2n) is 8.87. The summed E-state index contributed by atoms with van der Waals surface area (Å²) in [6, 6.07) is 0.598. The molecule has 0 aliphatic heterocycles. The van der Waals surface area contributed by atoms with Crippen LogP contribution in [0.15, 0.2) is 0 Å². The van der Waals surface area contributed by atoms with E-state index in [9.17, 15) is 4.79 Å². The minimum Gasteiger partial charge on any atom is -0.353 e. The van der Waals surface area contributed by atoms with Gasteiger partial charge in [0, 0.05) is 18.0 Å². The van der Waals surface area contributed by atoms with Gasteiger partial charge in [-0.1, -0.05) is 41.0 Å². The van der Waals surface area contributed by atoms with E-state index in [0.29, 0.717) is 17.4 Å². The molecule has 3 nitrogen and oxygen atoms in total. The van der Waals surface area contributed by atoms with Crippen LogP contribution in [-0.2, 0) is 4.79 Å². The van der Waals surface area contributed by atoms with E-state index < -0.39 is 0 Å². The number of nitrogens with one attached hydrogen (secondary N) is 1. The SMILES string of the molecule is CC1C(N)CCC(C(=O)NC2CCCC(C)(C)C2)C1(C)C. The first-order chi connectivity index (χ1) is 9.63. The molecule has 2 fully saturated rings. The van der Waals surface area contributed by atoms with Crippen molar-refractivity contribution in [2.45, 2.75) is 85.2 Å². The van der Waals surface area contributed by atoms with Crippen LogP contribution in [-0.4, -0.2) is 18.0 Å². The molecule has 0 bridgehead atoms. The fourth-order valence-electron chi connectivity index (χ4n) is 4.44. The monoisotopic (exact) mass is 294 g/mol. The highest BCUT2D eigenvalue weighted by atomic mass is 16.2. The third-order valence-electron chi connectivity index (χ3n) is 6.37. The Morgan fingerprint density at radius 1 is 1.14 bits per heavy atom. The lowest BCUT2D eigenvalue weighted by Crippen LogP contribution is -2.53. The Kier molecular flexibility index (Phi) is 4.72. The van der Waals surface area contributed by atoms with Gasteiger partial charge in [-0.25, -0.2) is 0 Å². The molecule has 0 aromatic carbocycles. The number of carbonyl (C=O) groups excluding carboxylic acids is 1. The Hall–Kier alpha value is -0.570. The zero-order valence-electron chi connectivity index (χ0n) is 14.5. The molecule has 2 rings (SSSR count). The Balaban J connectivity index is 2.00. The van der Waals surface area contributed by atoms with Crippen molar-refractivity contribution < 1.29 is 4.79 Å². The number of carbonyl (C=O) groups is 1. The van der Waals surface area contributed by atoms with E-state index in [4.69, 9.17) is 5.73 Å². The normalized spacial score (nSPS) is 38.8. The summed E-state index contributed by atoms with van der Waals surface area (Å²) < 4.78 is 0. The Labute approximate surface area is 130 Å². The van der Waals surface area contributed by atoms with Gasteiger partial charge in [-0.3, -0.25) is 4.79 Å². The quantitative estimate of drug-likeness (QED) is 0.819. The van der Waals surface area contributed by atoms with E-state index in [-0.39, 0.29) is 23.3 Å². The van der Waals surface area contributed by atoms with Crippen molar-refractivity contribution in [2.75, 3.05) is 0 Å². The first kappa shape index (κ1) is 16.8. The Morgan fingerprint density at radius 3 is 2.43 bits per heavy atom. The standard InChI is InChI=1S/C18H34N2O/c1-12-15(19)9-8-14(18(12,4)5)16(21)20-13-7-6-10-17(2,3)11-13/h12-15H,6-11,19H2,1-5H3,(H,20,21). The van der Waals surface area contributed by atoms with E-state index in [1.165, 1.54) is 12.8 Å². The topological polar surface area (TPSA) is 55.1 Å². The summed E-state index contributed by atoms with van der Waals surface area (Å²) in [5.74, 6) is 0.767. The lowest BCUT2D eigenvalue weighted by molar-refractivity contribution is -0.133. The molecule has 0 radical (unpaired) electrons. The van der Waals surface area contributed by atoms with Crippen LogP contribution in [0, 0.1) is 22.7 Å². The molecule has 0 heterocycles. The van der Waals surface area contributed by atoms with Gasteiger partial charge in [0.1, 0.15) is 0 Å². The highest BCUT2D eigenvalue weighted by Gasteiger charge is 2.45. The number of hydrogen-bond donors (Lipinski definition) is 2. The molecular formula is C18H34N2O. The van der Waals surface area contributed by atoms with Gasteiger partial charge in [-0.05, 0) is 48.9 Å². The van der Waals surface area contributed by atoms with E-state index in [1.54, 1.807) is 0 Å². The van der Waals surface area contributed by atoms with E-state index >= 15 is 0 Å². The number of hydrogen-bond acceptors (Lipinski definition) is 2. The summed E-state index contributed by atoms with van der Waals surface area (Å²) in [5, 5.41) is 3.36. The van der Waals surface area contributed by atoms with Crippen molar-refractivity contribution >= 4 is 5.91 Å². The molecule has 4 atom stereocenters. The molecule has 0 aromatic rings. The molecule has 122 valence electrons. The van der Waals surface area contributed by atoms with Gasteiger partial charge in [-0.15, -0.1) is 0 Å². The van der Waals surface area contributed by atoms with E-state index in [1.807, 2.05) is 0 Å². The van der Waals surface area contributed by atoms with Crippen LogP contribution in [0.3, 0.4) is 0 Å². The third-order valence-corrected chi connectivity index (χ3v) is 6.37. The van der Waals surface area contributed by atoms with Crippen molar-refractivity contribution in [3.05, 3.63) is 0 Å². The van der Waals surface area contributed by atoms with Crippen LogP contribution in [0.2, 0.25) is 0 Å². The van der Waals surface area contributed by atoms with Gasteiger partial charge >= 0.3 is 0 Å². The lowest BCUT2D eigenvalue weighted by atomic mass is 9.60. The fraction of sp³-hybridized carbons (Fsp3) is 0.944. The van der Waals surface area contributed by atoms with Gasteiger partial charge < -0.3 is 11.1 Å². The summed E-state index contributed by atoms with van der Waals surface area (Å²) in [5.41, 5.74) is 6.57. The van der Waals surface area contributed by atoms with Crippen LogP contribution >= 0.6 is 0 Å². The number of nitrogens with two attached hydrogens (primary N) is 1. The molecule has 21 heavy (non-hydrogen) atoms. The molecular weight excluding hydrogens is 260 g/mol. The predicted molar refractivity (Wildman–Crippen MR) is 87.8 cm³/mol.